The molecule has 0 fully saturated rings. The van der Waals surface area contributed by atoms with Gasteiger partial charge in [0.1, 0.15) is 5.00 Å². The number of aryl methyl sites for hydroxylation is 1. The summed E-state index contributed by atoms with van der Waals surface area (Å²) in [7, 11) is 0. The number of thiophene rings is 1. The molecule has 144 valence electrons. The molecule has 0 spiro atoms. The lowest BCUT2D eigenvalue weighted by Gasteiger charge is -2.09. The van der Waals surface area contributed by atoms with Crippen molar-refractivity contribution in [3.05, 3.63) is 87.8 Å². The third kappa shape index (κ3) is 4.31. The largest absolute Gasteiger partial charge is 0.462 e. The molecule has 0 bridgehead atoms. The average molecular weight is 394 g/mol. The third-order valence-electron chi connectivity index (χ3n) is 4.59. The van der Waals surface area contributed by atoms with Gasteiger partial charge in [0.05, 0.1) is 12.2 Å². The van der Waals surface area contributed by atoms with E-state index in [0.29, 0.717) is 16.1 Å². The number of rotatable bonds is 6. The quantitative estimate of drug-likeness (QED) is 0.552. The molecule has 1 heterocycles. The molecule has 5 heteroatoms. The summed E-state index contributed by atoms with van der Waals surface area (Å²) >= 11 is 1.41. The predicted octanol–water partition coefficient (Wildman–Crippen LogP) is 5.64. The van der Waals surface area contributed by atoms with Crippen molar-refractivity contribution in [1.29, 1.82) is 0 Å². The molecule has 1 atom stereocenters. The Labute approximate surface area is 169 Å². The molecule has 0 aliphatic rings. The van der Waals surface area contributed by atoms with Crippen LogP contribution in [0.25, 0.3) is 0 Å². The number of nitrogens with one attached hydrogen (secondary N) is 1. The molecule has 0 saturated carbocycles. The van der Waals surface area contributed by atoms with Gasteiger partial charge in [-0.25, -0.2) is 4.79 Å². The van der Waals surface area contributed by atoms with Gasteiger partial charge in [0, 0.05) is 16.4 Å². The highest BCUT2D eigenvalue weighted by molar-refractivity contribution is 7.16. The summed E-state index contributed by atoms with van der Waals surface area (Å²) in [5.74, 6) is -0.557. The maximum absolute atomic E-state index is 12.8. The van der Waals surface area contributed by atoms with Gasteiger partial charge in [-0.2, -0.15) is 0 Å². The number of benzene rings is 2. The van der Waals surface area contributed by atoms with Crippen LogP contribution in [0.5, 0.6) is 0 Å². The Morgan fingerprint density at radius 3 is 2.39 bits per heavy atom. The summed E-state index contributed by atoms with van der Waals surface area (Å²) in [6.45, 7) is 6.02. The minimum Gasteiger partial charge on any atom is -0.462 e. The molecule has 0 radical (unpaired) electrons. The summed E-state index contributed by atoms with van der Waals surface area (Å²) in [6.07, 6.45) is 0. The van der Waals surface area contributed by atoms with Crippen LogP contribution in [0.3, 0.4) is 0 Å². The van der Waals surface area contributed by atoms with Crippen molar-refractivity contribution in [2.75, 3.05) is 11.9 Å². The molecule has 1 unspecified atom stereocenters. The van der Waals surface area contributed by atoms with E-state index in [4.69, 9.17) is 4.74 Å². The van der Waals surface area contributed by atoms with Crippen LogP contribution < -0.4 is 5.32 Å². The van der Waals surface area contributed by atoms with Crippen LogP contribution in [0.1, 0.15) is 56.5 Å². The van der Waals surface area contributed by atoms with Crippen LogP contribution in [-0.4, -0.2) is 18.5 Å². The predicted molar refractivity (Wildman–Crippen MR) is 113 cm³/mol. The Kier molecular flexibility index (Phi) is 6.26. The first kappa shape index (κ1) is 19.8. The minimum atomic E-state index is -0.426. The van der Waals surface area contributed by atoms with E-state index in [-0.39, 0.29) is 18.4 Å². The zero-order chi connectivity index (χ0) is 20.1. The molecule has 4 nitrogen and oxygen atoms in total. The van der Waals surface area contributed by atoms with E-state index in [1.54, 1.807) is 13.0 Å². The number of anilines is 1. The maximum Gasteiger partial charge on any atom is 0.341 e. The van der Waals surface area contributed by atoms with Crippen molar-refractivity contribution < 1.29 is 14.3 Å². The number of esters is 1. The lowest BCUT2D eigenvalue weighted by molar-refractivity contribution is 0.0528. The second kappa shape index (κ2) is 8.85. The summed E-state index contributed by atoms with van der Waals surface area (Å²) in [5.41, 5.74) is 3.01. The number of hydrogen-bond acceptors (Lipinski definition) is 4. The number of amides is 1. The first-order valence-corrected chi connectivity index (χ1v) is 10.1. The molecule has 0 saturated heterocycles. The second-order valence-electron chi connectivity index (χ2n) is 6.51. The van der Waals surface area contributed by atoms with Gasteiger partial charge in [0.2, 0.25) is 0 Å². The summed E-state index contributed by atoms with van der Waals surface area (Å²) < 4.78 is 5.19. The Bertz CT molecular complexity index is 979. The summed E-state index contributed by atoms with van der Waals surface area (Å²) in [6, 6.07) is 19.3. The molecule has 2 aromatic carbocycles. The molecule has 1 aromatic heterocycles. The molecular formula is C23H23NO3S. The zero-order valence-electron chi connectivity index (χ0n) is 16.2. The van der Waals surface area contributed by atoms with Gasteiger partial charge in [-0.3, -0.25) is 4.79 Å². The Morgan fingerprint density at radius 1 is 1.04 bits per heavy atom. The first-order chi connectivity index (χ1) is 13.5. The fraction of sp³-hybridized carbons (Fsp3) is 0.217. The molecule has 3 aromatic rings. The van der Waals surface area contributed by atoms with Gasteiger partial charge in [-0.05, 0) is 37.1 Å². The Balaban J connectivity index is 1.94. The summed E-state index contributed by atoms with van der Waals surface area (Å²) in [5, 5.41) is 3.43. The molecule has 0 aliphatic heterocycles. The van der Waals surface area contributed by atoms with Gasteiger partial charge in [0.15, 0.2) is 0 Å². The van der Waals surface area contributed by atoms with Crippen LogP contribution in [0, 0.1) is 6.92 Å². The maximum atomic E-state index is 12.8. The van der Waals surface area contributed by atoms with E-state index >= 15 is 0 Å². The normalized spacial score (nSPS) is 11.7. The fourth-order valence-electron chi connectivity index (χ4n) is 2.98. The Morgan fingerprint density at radius 2 is 1.71 bits per heavy atom. The van der Waals surface area contributed by atoms with E-state index in [0.717, 1.165) is 16.0 Å². The first-order valence-electron chi connectivity index (χ1n) is 9.24. The van der Waals surface area contributed by atoms with Crippen LogP contribution in [-0.2, 0) is 4.74 Å². The van der Waals surface area contributed by atoms with Crippen molar-refractivity contribution in [1.82, 2.24) is 0 Å². The zero-order valence-corrected chi connectivity index (χ0v) is 17.0. The minimum absolute atomic E-state index is 0.100. The molecule has 0 aliphatic carbocycles. The highest BCUT2D eigenvalue weighted by atomic mass is 32.1. The lowest BCUT2D eigenvalue weighted by atomic mass is 9.99. The molecular weight excluding hydrogens is 370 g/mol. The number of hydrogen-bond donors (Lipinski definition) is 1. The summed E-state index contributed by atoms with van der Waals surface area (Å²) in [4.78, 5) is 26.2. The second-order valence-corrected chi connectivity index (χ2v) is 7.60. The van der Waals surface area contributed by atoms with Crippen LogP contribution >= 0.6 is 11.3 Å². The fourth-order valence-corrected chi connectivity index (χ4v) is 4.10. The average Bonchev–Trinajstić information content (AvgIpc) is 3.12. The highest BCUT2D eigenvalue weighted by Crippen LogP contribution is 2.36. The van der Waals surface area contributed by atoms with Crippen molar-refractivity contribution >= 4 is 28.2 Å². The molecule has 1 N–H and O–H groups in total. The standard InChI is InChI=1S/C23H23NO3S/c1-4-27-23(26)19-14-20(16(3)17-11-6-5-7-12-17)28-22(19)24-21(25)18-13-9-8-10-15(18)2/h5-14,16H,4H2,1-3H3,(H,24,25). The van der Waals surface area contributed by atoms with E-state index in [1.165, 1.54) is 11.3 Å². The lowest BCUT2D eigenvalue weighted by Crippen LogP contribution is -2.15. The van der Waals surface area contributed by atoms with Gasteiger partial charge in [0.25, 0.3) is 5.91 Å². The molecule has 28 heavy (non-hydrogen) atoms. The smallest absolute Gasteiger partial charge is 0.341 e. The third-order valence-corrected chi connectivity index (χ3v) is 5.82. The van der Waals surface area contributed by atoms with Gasteiger partial charge in [-0.1, -0.05) is 55.5 Å². The van der Waals surface area contributed by atoms with Crippen molar-refractivity contribution in [2.24, 2.45) is 0 Å². The van der Waals surface area contributed by atoms with E-state index < -0.39 is 5.97 Å². The van der Waals surface area contributed by atoms with Crippen molar-refractivity contribution in [3.8, 4) is 0 Å². The van der Waals surface area contributed by atoms with Crippen LogP contribution in [0.15, 0.2) is 60.7 Å². The van der Waals surface area contributed by atoms with E-state index in [2.05, 4.69) is 24.4 Å². The van der Waals surface area contributed by atoms with Crippen molar-refractivity contribution in [2.45, 2.75) is 26.7 Å². The van der Waals surface area contributed by atoms with Gasteiger partial charge >= 0.3 is 5.97 Å². The molecule has 1 amide bonds. The molecule has 3 rings (SSSR count). The number of ether oxygens (including phenoxy) is 1. The van der Waals surface area contributed by atoms with Gasteiger partial charge in [-0.15, -0.1) is 11.3 Å². The van der Waals surface area contributed by atoms with Crippen molar-refractivity contribution in [3.63, 3.8) is 0 Å². The SMILES string of the molecule is CCOC(=O)c1cc(C(C)c2ccccc2)sc1NC(=O)c1ccccc1C. The Hall–Kier alpha value is -2.92. The highest BCUT2D eigenvalue weighted by Gasteiger charge is 2.22. The number of carbonyl (C=O) groups excluding carboxylic acids is 2. The van der Waals surface area contributed by atoms with E-state index in [9.17, 15) is 9.59 Å². The number of carbonyl (C=O) groups is 2. The van der Waals surface area contributed by atoms with Crippen LogP contribution in [0.4, 0.5) is 5.00 Å². The van der Waals surface area contributed by atoms with Crippen LogP contribution in [0.2, 0.25) is 0 Å². The van der Waals surface area contributed by atoms with Gasteiger partial charge < -0.3 is 10.1 Å². The van der Waals surface area contributed by atoms with E-state index in [1.807, 2.05) is 49.4 Å². The topological polar surface area (TPSA) is 55.4 Å². The monoisotopic (exact) mass is 393 g/mol.